The largest absolute Gasteiger partial charge is 0.377 e. The third kappa shape index (κ3) is 9.39. The van der Waals surface area contributed by atoms with E-state index in [0.29, 0.717) is 30.7 Å². The number of aromatic nitrogens is 5. The number of ether oxygens (including phenoxy) is 1. The van der Waals surface area contributed by atoms with E-state index in [1.54, 1.807) is 19.2 Å². The van der Waals surface area contributed by atoms with Gasteiger partial charge in [-0.1, -0.05) is 18.2 Å². The maximum atomic E-state index is 15.0. The highest BCUT2D eigenvalue weighted by molar-refractivity contribution is 6.01. The molecule has 350 valence electrons. The lowest BCUT2D eigenvalue weighted by molar-refractivity contribution is -0.133. The summed E-state index contributed by atoms with van der Waals surface area (Å²) in [5.41, 5.74) is 8.65. The molecule has 15 nitrogen and oxygen atoms in total. The molecule has 10 rings (SSSR count). The molecule has 16 heteroatoms. The predicted octanol–water partition coefficient (Wildman–Crippen LogP) is 6.63. The van der Waals surface area contributed by atoms with Crippen LogP contribution in [0.5, 0.6) is 0 Å². The molecule has 2 aromatic carbocycles. The first kappa shape index (κ1) is 44.6. The topological polar surface area (TPSA) is 157 Å². The van der Waals surface area contributed by atoms with Crippen molar-refractivity contribution in [1.29, 1.82) is 0 Å². The number of nitrogens with one attached hydrogen (secondary N) is 3. The molecule has 4 aliphatic rings. The smallest absolute Gasteiger partial charge is 0.253 e. The van der Waals surface area contributed by atoms with Gasteiger partial charge in [0.15, 0.2) is 0 Å². The van der Waals surface area contributed by atoms with Crippen LogP contribution in [0.3, 0.4) is 0 Å². The number of aryl methyl sites for hydroxylation is 1. The van der Waals surface area contributed by atoms with Gasteiger partial charge >= 0.3 is 0 Å². The zero-order valence-corrected chi connectivity index (χ0v) is 38.6. The monoisotopic (exact) mass is 909 g/mol. The normalized spacial score (nSPS) is 19.9. The van der Waals surface area contributed by atoms with Gasteiger partial charge < -0.3 is 29.4 Å². The molecule has 1 unspecified atom stereocenters. The summed E-state index contributed by atoms with van der Waals surface area (Å²) in [6, 6.07) is 22.2. The highest BCUT2D eigenvalue weighted by atomic mass is 19.1. The maximum absolute atomic E-state index is 15.0. The summed E-state index contributed by atoms with van der Waals surface area (Å²) in [6.07, 6.45) is 6.53. The average molecular weight is 910 g/mol. The zero-order valence-electron chi connectivity index (χ0n) is 38.6. The third-order valence-corrected chi connectivity index (χ3v) is 14.7. The number of hydrogen-bond acceptors (Lipinski definition) is 11. The van der Waals surface area contributed by atoms with E-state index in [4.69, 9.17) is 9.72 Å². The molecule has 67 heavy (non-hydrogen) atoms. The third-order valence-electron chi connectivity index (χ3n) is 14.7. The Hall–Kier alpha value is -6.23. The van der Waals surface area contributed by atoms with Gasteiger partial charge in [0.25, 0.3) is 5.91 Å². The van der Waals surface area contributed by atoms with E-state index >= 15 is 0 Å². The highest BCUT2D eigenvalue weighted by Gasteiger charge is 2.31. The Morgan fingerprint density at radius 1 is 0.896 bits per heavy atom. The van der Waals surface area contributed by atoms with Gasteiger partial charge in [-0.15, -0.1) is 0 Å². The van der Waals surface area contributed by atoms with Crippen LogP contribution in [0.15, 0.2) is 72.9 Å². The second-order valence-electron chi connectivity index (χ2n) is 18.9. The number of carbonyl (C=O) groups is 3. The minimum Gasteiger partial charge on any atom is -0.377 e. The Balaban J connectivity index is 0.676. The van der Waals surface area contributed by atoms with E-state index in [9.17, 15) is 18.8 Å². The van der Waals surface area contributed by atoms with Crippen molar-refractivity contribution in [3.63, 3.8) is 0 Å². The van der Waals surface area contributed by atoms with E-state index in [2.05, 4.69) is 101 Å². The number of hydrogen-bond donors (Lipinski definition) is 3. The average Bonchev–Trinajstić information content (AvgIpc) is 3.92. The zero-order chi connectivity index (χ0) is 46.2. The number of aromatic amines is 1. The lowest BCUT2D eigenvalue weighted by atomic mass is 9.88. The van der Waals surface area contributed by atoms with Crippen molar-refractivity contribution in [3.05, 3.63) is 102 Å². The lowest BCUT2D eigenvalue weighted by Crippen LogP contribution is -2.49. The first-order chi connectivity index (χ1) is 32.6. The van der Waals surface area contributed by atoms with Crippen LogP contribution in [0.4, 0.5) is 15.9 Å². The van der Waals surface area contributed by atoms with Crippen LogP contribution in [-0.2, 0) is 28.0 Å². The number of carbonyl (C=O) groups excluding carboxylic acids is 3. The van der Waals surface area contributed by atoms with Crippen LogP contribution in [0, 0.1) is 11.9 Å². The van der Waals surface area contributed by atoms with Crippen molar-refractivity contribution in [2.24, 2.45) is 13.0 Å². The van der Waals surface area contributed by atoms with Gasteiger partial charge in [0.05, 0.1) is 16.7 Å². The second kappa shape index (κ2) is 19.2. The molecule has 6 aromatic rings. The predicted molar refractivity (Wildman–Crippen MR) is 256 cm³/mol. The number of imidazole rings is 1. The molecule has 3 amide bonds. The number of nitrogens with zero attached hydrogens (tertiary/aromatic N) is 8. The molecular weight excluding hydrogens is 850 g/mol. The molecule has 4 saturated heterocycles. The number of fused-ring (bicyclic) bond motifs is 2. The second-order valence-corrected chi connectivity index (χ2v) is 18.9. The van der Waals surface area contributed by atoms with Crippen LogP contribution in [0.1, 0.15) is 84.8 Å². The first-order valence-corrected chi connectivity index (χ1v) is 23.9. The van der Waals surface area contributed by atoms with E-state index in [0.717, 1.165) is 129 Å². The van der Waals surface area contributed by atoms with Crippen molar-refractivity contribution in [2.45, 2.75) is 70.1 Å². The Labute approximate surface area is 390 Å². The fourth-order valence-electron chi connectivity index (χ4n) is 10.8. The molecule has 4 aliphatic heterocycles. The standard InChI is InChI=1S/C51H60FN11O4/c1-32(44-29-39-38(14-19-53-49(39)59(44)2)37-8-9-40-43(28-37)56-45(55-40)31-67-3)61-22-17-35(18-23-61)34-4-6-36(7-5-34)51(66)63-20-15-33(16-21-63)30-60-24-26-62(27-25-60)46-12-10-41(48(52)57-46)54-42-11-13-47(64)58-50(42)65/h4-10,12,14,19,28-29,32-33,35,42,54H,11,13,15-18,20-27,30-31H2,1-3H3,(H,55,56)(H,58,64,65)/t32-,42?/m0/s1. The van der Waals surface area contributed by atoms with Gasteiger partial charge in [0.2, 0.25) is 17.8 Å². The molecule has 8 heterocycles. The van der Waals surface area contributed by atoms with Crippen molar-refractivity contribution < 1.29 is 23.5 Å². The van der Waals surface area contributed by atoms with E-state index in [1.165, 1.54) is 11.3 Å². The highest BCUT2D eigenvalue weighted by Crippen LogP contribution is 2.37. The van der Waals surface area contributed by atoms with Gasteiger partial charge in [-0.3, -0.25) is 29.5 Å². The summed E-state index contributed by atoms with van der Waals surface area (Å²) < 4.78 is 22.5. The van der Waals surface area contributed by atoms with Crippen LogP contribution in [0.25, 0.3) is 33.2 Å². The number of H-pyrrole nitrogens is 1. The quantitative estimate of drug-likeness (QED) is 0.0895. The summed E-state index contributed by atoms with van der Waals surface area (Å²) in [5.74, 6) is 1.07. The van der Waals surface area contributed by atoms with Crippen molar-refractivity contribution in [1.82, 2.24) is 44.5 Å². The molecule has 4 aromatic heterocycles. The molecule has 2 atom stereocenters. The number of piperazine rings is 1. The van der Waals surface area contributed by atoms with Crippen LogP contribution >= 0.6 is 0 Å². The fourth-order valence-corrected chi connectivity index (χ4v) is 10.8. The molecule has 4 fully saturated rings. The number of amides is 3. The van der Waals surface area contributed by atoms with Crippen LogP contribution in [0.2, 0.25) is 0 Å². The van der Waals surface area contributed by atoms with E-state index < -0.39 is 17.9 Å². The van der Waals surface area contributed by atoms with Crippen molar-refractivity contribution in [2.75, 3.05) is 76.2 Å². The van der Waals surface area contributed by atoms with Gasteiger partial charge in [-0.2, -0.15) is 4.39 Å². The molecular formula is C51H60FN11O4. The number of anilines is 2. The van der Waals surface area contributed by atoms with E-state index in [1.807, 2.05) is 23.2 Å². The minimum absolute atomic E-state index is 0.117. The summed E-state index contributed by atoms with van der Waals surface area (Å²) in [5, 5.41) is 6.33. The molecule has 0 aliphatic carbocycles. The van der Waals surface area contributed by atoms with Crippen molar-refractivity contribution >= 4 is 51.3 Å². The Morgan fingerprint density at radius 2 is 1.67 bits per heavy atom. The molecule has 3 N–H and O–H groups in total. The van der Waals surface area contributed by atoms with E-state index in [-0.39, 0.29) is 30.0 Å². The minimum atomic E-state index is -0.665. The summed E-state index contributed by atoms with van der Waals surface area (Å²) in [6.45, 7) is 10.5. The first-order valence-electron chi connectivity index (χ1n) is 23.9. The number of imide groups is 1. The van der Waals surface area contributed by atoms with Gasteiger partial charge in [-0.25, -0.2) is 15.0 Å². The number of rotatable bonds is 12. The maximum Gasteiger partial charge on any atom is 0.253 e. The molecule has 0 radical (unpaired) electrons. The van der Waals surface area contributed by atoms with Crippen LogP contribution in [-0.4, -0.2) is 129 Å². The number of benzene rings is 2. The van der Waals surface area contributed by atoms with Gasteiger partial charge in [0, 0.05) is 95.3 Å². The van der Waals surface area contributed by atoms with Crippen LogP contribution < -0.4 is 15.5 Å². The molecule has 0 bridgehead atoms. The number of likely N-dealkylation sites (tertiary alicyclic amines) is 2. The van der Waals surface area contributed by atoms with Crippen molar-refractivity contribution in [3.8, 4) is 11.1 Å². The molecule has 0 saturated carbocycles. The lowest BCUT2D eigenvalue weighted by Gasteiger charge is -2.39. The molecule has 0 spiro atoms. The summed E-state index contributed by atoms with van der Waals surface area (Å²) >= 11 is 0. The number of halogens is 1. The Kier molecular flexibility index (Phi) is 12.8. The fraction of sp³-hybridized carbons (Fsp3) is 0.451. The summed E-state index contributed by atoms with van der Waals surface area (Å²) in [4.78, 5) is 63.5. The van der Waals surface area contributed by atoms with Gasteiger partial charge in [0.1, 0.15) is 29.9 Å². The Morgan fingerprint density at radius 3 is 2.40 bits per heavy atom. The number of piperidine rings is 3. The Bertz CT molecular complexity index is 2770. The van der Waals surface area contributed by atoms with Gasteiger partial charge in [-0.05, 0) is 129 Å². The number of pyridine rings is 2. The SMILES string of the molecule is COCc1nc2ccc(-c3ccnc4c3cc([C@H](C)N3CCC(c5ccc(C(=O)N6CCC(CN7CCN(c8ccc(NC9CCC(=O)NC9=O)c(F)n8)CC7)CC6)cc5)CC3)n4C)cc2[nH]1. The number of methoxy groups -OCH3 is 1. The summed E-state index contributed by atoms with van der Waals surface area (Å²) in [7, 11) is 3.80.